The van der Waals surface area contributed by atoms with Crippen LogP contribution >= 0.6 is 11.3 Å². The average Bonchev–Trinajstić information content (AvgIpc) is 3.10. The van der Waals surface area contributed by atoms with E-state index in [1.165, 1.54) is 23.5 Å². The number of anilines is 1. The number of aromatic nitrogens is 1. The first-order chi connectivity index (χ1) is 12.9. The van der Waals surface area contributed by atoms with Gasteiger partial charge in [-0.1, -0.05) is 12.1 Å². The van der Waals surface area contributed by atoms with Crippen molar-refractivity contribution < 1.29 is 17.9 Å². The number of benzene rings is 2. The highest BCUT2D eigenvalue weighted by Gasteiger charge is 2.19. The zero-order valence-electron chi connectivity index (χ0n) is 14.8. The Morgan fingerprint density at radius 3 is 2.52 bits per heavy atom. The fourth-order valence-electron chi connectivity index (χ4n) is 2.49. The first-order valence-corrected chi connectivity index (χ1v) is 10.9. The van der Waals surface area contributed by atoms with Crippen LogP contribution in [-0.4, -0.2) is 32.2 Å². The lowest BCUT2D eigenvalue weighted by atomic mass is 10.2. The predicted octanol–water partition coefficient (Wildman–Crippen LogP) is 3.86. The van der Waals surface area contributed by atoms with Crippen molar-refractivity contribution in [2.75, 3.05) is 18.2 Å². The maximum Gasteiger partial charge on any atom is 0.258 e. The molecule has 0 saturated carbocycles. The molecule has 0 radical (unpaired) electrons. The van der Waals surface area contributed by atoms with E-state index in [4.69, 9.17) is 4.74 Å². The molecule has 6 nitrogen and oxygen atoms in total. The quantitative estimate of drug-likeness (QED) is 0.677. The molecule has 2 aromatic carbocycles. The van der Waals surface area contributed by atoms with Gasteiger partial charge in [0.05, 0.1) is 22.8 Å². The Morgan fingerprint density at radius 2 is 1.85 bits per heavy atom. The van der Waals surface area contributed by atoms with Crippen LogP contribution in [-0.2, 0) is 9.84 Å². The molecule has 3 aromatic rings. The Bertz CT molecular complexity index is 1060. The second kappa shape index (κ2) is 7.89. The highest BCUT2D eigenvalue weighted by Crippen LogP contribution is 2.27. The van der Waals surface area contributed by atoms with Gasteiger partial charge in [0, 0.05) is 17.2 Å². The van der Waals surface area contributed by atoms with E-state index in [-0.39, 0.29) is 10.5 Å². The van der Waals surface area contributed by atoms with Crippen molar-refractivity contribution in [3.05, 3.63) is 59.5 Å². The lowest BCUT2D eigenvalue weighted by Crippen LogP contribution is -2.15. The average molecular weight is 402 g/mol. The highest BCUT2D eigenvalue weighted by atomic mass is 32.2. The van der Waals surface area contributed by atoms with Crippen molar-refractivity contribution in [2.24, 2.45) is 0 Å². The molecule has 1 amide bonds. The largest absolute Gasteiger partial charge is 0.494 e. The zero-order chi connectivity index (χ0) is 19.4. The topological polar surface area (TPSA) is 85.4 Å². The summed E-state index contributed by atoms with van der Waals surface area (Å²) in [6.07, 6.45) is 1.08. The normalized spacial score (nSPS) is 11.2. The summed E-state index contributed by atoms with van der Waals surface area (Å²) in [6.45, 7) is 2.52. The van der Waals surface area contributed by atoms with E-state index < -0.39 is 15.7 Å². The number of hydrogen-bond acceptors (Lipinski definition) is 6. The van der Waals surface area contributed by atoms with Gasteiger partial charge in [0.1, 0.15) is 5.75 Å². The van der Waals surface area contributed by atoms with Gasteiger partial charge in [-0.2, -0.15) is 0 Å². The van der Waals surface area contributed by atoms with Crippen molar-refractivity contribution in [2.45, 2.75) is 11.8 Å². The molecule has 8 heteroatoms. The Kier molecular flexibility index (Phi) is 5.57. The van der Waals surface area contributed by atoms with E-state index in [9.17, 15) is 13.2 Å². The zero-order valence-corrected chi connectivity index (χ0v) is 16.4. The molecule has 0 fully saturated rings. The summed E-state index contributed by atoms with van der Waals surface area (Å²) >= 11 is 1.27. The molecule has 3 rings (SSSR count). The number of carbonyl (C=O) groups is 1. The molecular formula is C19H18N2O4S2. The first kappa shape index (κ1) is 19.1. The number of nitrogens with zero attached hydrogens (tertiary/aromatic N) is 1. The van der Waals surface area contributed by atoms with Crippen LogP contribution in [0.3, 0.4) is 0 Å². The summed E-state index contributed by atoms with van der Waals surface area (Å²) in [5, 5.41) is 4.89. The Morgan fingerprint density at radius 1 is 1.15 bits per heavy atom. The molecule has 1 heterocycles. The first-order valence-electron chi connectivity index (χ1n) is 8.17. The van der Waals surface area contributed by atoms with Gasteiger partial charge in [0.25, 0.3) is 5.91 Å². The molecular weight excluding hydrogens is 384 g/mol. The van der Waals surface area contributed by atoms with Crippen LogP contribution in [0.5, 0.6) is 5.75 Å². The maximum atomic E-state index is 12.5. The number of rotatable bonds is 6. The van der Waals surface area contributed by atoms with E-state index >= 15 is 0 Å². The third kappa shape index (κ3) is 4.53. The highest BCUT2D eigenvalue weighted by molar-refractivity contribution is 7.90. The summed E-state index contributed by atoms with van der Waals surface area (Å²) in [5.74, 6) is 0.269. The Balaban J connectivity index is 1.79. The van der Waals surface area contributed by atoms with E-state index in [1.807, 2.05) is 36.6 Å². The summed E-state index contributed by atoms with van der Waals surface area (Å²) in [6, 6.07) is 13.6. The molecule has 0 aliphatic rings. The van der Waals surface area contributed by atoms with Crippen LogP contribution in [0.4, 0.5) is 5.13 Å². The van der Waals surface area contributed by atoms with Crippen LogP contribution in [0, 0.1) is 0 Å². The van der Waals surface area contributed by atoms with Crippen molar-refractivity contribution in [3.8, 4) is 17.0 Å². The number of sulfone groups is 1. The monoisotopic (exact) mass is 402 g/mol. The summed E-state index contributed by atoms with van der Waals surface area (Å²) in [7, 11) is -3.51. The van der Waals surface area contributed by atoms with Crippen LogP contribution in [0.1, 0.15) is 17.3 Å². The SMILES string of the molecule is CCOc1ccc(-c2csc(NC(=O)c3ccccc3S(C)(=O)=O)n2)cc1. The molecule has 0 spiro atoms. The molecule has 27 heavy (non-hydrogen) atoms. The van der Waals surface area contributed by atoms with E-state index in [2.05, 4.69) is 10.3 Å². The Hall–Kier alpha value is -2.71. The van der Waals surface area contributed by atoms with Crippen molar-refractivity contribution >= 4 is 32.2 Å². The molecule has 0 unspecified atom stereocenters. The fourth-order valence-corrected chi connectivity index (χ4v) is 4.10. The number of thiazole rings is 1. The van der Waals surface area contributed by atoms with E-state index in [1.54, 1.807) is 12.1 Å². The fraction of sp³-hybridized carbons (Fsp3) is 0.158. The van der Waals surface area contributed by atoms with Gasteiger partial charge in [0.2, 0.25) is 0 Å². The summed E-state index contributed by atoms with van der Waals surface area (Å²) in [4.78, 5) is 16.9. The maximum absolute atomic E-state index is 12.5. The van der Waals surface area contributed by atoms with Crippen LogP contribution in [0.2, 0.25) is 0 Å². The van der Waals surface area contributed by atoms with Crippen molar-refractivity contribution in [1.29, 1.82) is 0 Å². The number of ether oxygens (including phenoxy) is 1. The number of nitrogens with one attached hydrogen (secondary N) is 1. The molecule has 140 valence electrons. The molecule has 0 bridgehead atoms. The molecule has 0 aliphatic heterocycles. The van der Waals surface area contributed by atoms with Crippen molar-refractivity contribution in [3.63, 3.8) is 0 Å². The number of hydrogen-bond donors (Lipinski definition) is 1. The lowest BCUT2D eigenvalue weighted by Gasteiger charge is -2.07. The minimum absolute atomic E-state index is 0.00853. The van der Waals surface area contributed by atoms with E-state index in [0.29, 0.717) is 11.7 Å². The van der Waals surface area contributed by atoms with Gasteiger partial charge >= 0.3 is 0 Å². The Labute approximate surface area is 161 Å². The standard InChI is InChI=1S/C19H18N2O4S2/c1-3-25-14-10-8-13(9-11-14)16-12-26-19(20-16)21-18(22)15-6-4-5-7-17(15)27(2,23)24/h4-12H,3H2,1-2H3,(H,20,21,22). The van der Waals surface area contributed by atoms with Gasteiger partial charge in [-0.05, 0) is 43.3 Å². The molecule has 0 aliphatic carbocycles. The van der Waals surface area contributed by atoms with Gasteiger partial charge in [0.15, 0.2) is 15.0 Å². The van der Waals surface area contributed by atoms with Gasteiger partial charge in [-0.25, -0.2) is 13.4 Å². The number of carbonyl (C=O) groups excluding carboxylic acids is 1. The third-order valence-corrected chi connectivity index (χ3v) is 5.63. The smallest absolute Gasteiger partial charge is 0.258 e. The minimum atomic E-state index is -3.51. The predicted molar refractivity (Wildman–Crippen MR) is 106 cm³/mol. The van der Waals surface area contributed by atoms with Crippen LogP contribution < -0.4 is 10.1 Å². The molecule has 1 aromatic heterocycles. The summed E-state index contributed by atoms with van der Waals surface area (Å²) < 4.78 is 29.2. The van der Waals surface area contributed by atoms with Gasteiger partial charge < -0.3 is 4.74 Å². The van der Waals surface area contributed by atoms with Gasteiger partial charge in [-0.15, -0.1) is 11.3 Å². The molecule has 0 atom stereocenters. The lowest BCUT2D eigenvalue weighted by molar-refractivity contribution is 0.102. The summed E-state index contributed by atoms with van der Waals surface area (Å²) in [5.41, 5.74) is 1.71. The van der Waals surface area contributed by atoms with Gasteiger partial charge in [-0.3, -0.25) is 10.1 Å². The second-order valence-electron chi connectivity index (χ2n) is 5.72. The van der Waals surface area contributed by atoms with Crippen molar-refractivity contribution in [1.82, 2.24) is 4.98 Å². The van der Waals surface area contributed by atoms with Crippen LogP contribution in [0.25, 0.3) is 11.3 Å². The van der Waals surface area contributed by atoms with E-state index in [0.717, 1.165) is 23.3 Å². The third-order valence-electron chi connectivity index (χ3n) is 3.72. The minimum Gasteiger partial charge on any atom is -0.494 e. The molecule has 0 saturated heterocycles. The number of amides is 1. The molecule has 1 N–H and O–H groups in total. The van der Waals surface area contributed by atoms with Crippen LogP contribution in [0.15, 0.2) is 58.8 Å². The second-order valence-corrected chi connectivity index (χ2v) is 8.56.